The van der Waals surface area contributed by atoms with E-state index >= 15 is 0 Å². The van der Waals surface area contributed by atoms with Crippen molar-refractivity contribution in [1.82, 2.24) is 0 Å². The predicted molar refractivity (Wildman–Crippen MR) is 81.4 cm³/mol. The molecule has 2 aromatic rings. The number of ether oxygens (including phenoxy) is 1. The van der Waals surface area contributed by atoms with Crippen LogP contribution in [-0.4, -0.2) is 23.9 Å². The Morgan fingerprint density at radius 1 is 1.15 bits per heavy atom. The van der Waals surface area contributed by atoms with Crippen LogP contribution in [0.4, 0.5) is 0 Å². The maximum Gasteiger partial charge on any atom is 0.304 e. The number of rotatable bonds is 6. The van der Waals surface area contributed by atoms with Gasteiger partial charge in [0.1, 0.15) is 5.75 Å². The molecule has 1 N–H and O–H groups in total. The first kappa shape index (κ1) is 14.5. The van der Waals surface area contributed by atoms with E-state index in [4.69, 9.17) is 9.84 Å². The fourth-order valence-corrected chi connectivity index (χ4v) is 2.85. The number of carboxylic acid groups (broad SMARTS) is 1. The lowest BCUT2D eigenvalue weighted by atomic mass is 10.1. The van der Waals surface area contributed by atoms with E-state index in [1.807, 2.05) is 48.5 Å². The lowest BCUT2D eigenvalue weighted by Gasteiger charge is -2.10. The molecule has 0 aromatic heterocycles. The second-order valence-corrected chi connectivity index (χ2v) is 5.36. The molecule has 0 fully saturated rings. The van der Waals surface area contributed by atoms with Crippen molar-refractivity contribution in [3.8, 4) is 16.9 Å². The fraction of sp³-hybridized carbons (Fsp3) is 0.188. The zero-order chi connectivity index (χ0) is 14.4. The molecule has 0 aliphatic rings. The van der Waals surface area contributed by atoms with Crippen LogP contribution in [0.25, 0.3) is 11.1 Å². The first-order valence-electron chi connectivity index (χ1n) is 6.29. The number of aliphatic carboxylic acids is 1. The zero-order valence-corrected chi connectivity index (χ0v) is 12.0. The molecule has 0 spiro atoms. The third kappa shape index (κ3) is 3.78. The molecule has 20 heavy (non-hydrogen) atoms. The predicted octanol–water partition coefficient (Wildman–Crippen LogP) is 3.93. The molecule has 0 aliphatic heterocycles. The molecule has 0 unspecified atom stereocenters. The minimum Gasteiger partial charge on any atom is -0.496 e. The minimum atomic E-state index is -0.782. The highest BCUT2D eigenvalue weighted by atomic mass is 32.2. The normalized spacial score (nSPS) is 10.2. The maximum absolute atomic E-state index is 10.6. The molecule has 104 valence electrons. The largest absolute Gasteiger partial charge is 0.496 e. The lowest BCUT2D eigenvalue weighted by Crippen LogP contribution is -1.96. The monoisotopic (exact) mass is 288 g/mol. The van der Waals surface area contributed by atoms with Crippen LogP contribution in [0.1, 0.15) is 6.42 Å². The molecule has 2 aromatic carbocycles. The molecular formula is C16H16O3S. The number of methoxy groups -OCH3 is 1. The summed E-state index contributed by atoms with van der Waals surface area (Å²) in [5.41, 5.74) is 2.24. The van der Waals surface area contributed by atoms with E-state index in [0.717, 1.165) is 21.8 Å². The SMILES string of the molecule is COc1ccc(-c2ccccc2)cc1SCCC(=O)O. The Bertz CT molecular complexity index is 582. The van der Waals surface area contributed by atoms with Gasteiger partial charge in [-0.1, -0.05) is 36.4 Å². The van der Waals surface area contributed by atoms with E-state index < -0.39 is 5.97 Å². The smallest absolute Gasteiger partial charge is 0.304 e. The van der Waals surface area contributed by atoms with Gasteiger partial charge in [0.05, 0.1) is 13.5 Å². The summed E-state index contributed by atoms with van der Waals surface area (Å²) in [7, 11) is 1.62. The molecule has 0 bridgehead atoms. The molecule has 0 saturated heterocycles. The first-order chi connectivity index (χ1) is 9.70. The third-order valence-electron chi connectivity index (χ3n) is 2.84. The molecule has 0 saturated carbocycles. The Balaban J connectivity index is 2.22. The van der Waals surface area contributed by atoms with Crippen LogP contribution < -0.4 is 4.74 Å². The van der Waals surface area contributed by atoms with Gasteiger partial charge in [-0.25, -0.2) is 0 Å². The van der Waals surface area contributed by atoms with Crippen LogP contribution in [-0.2, 0) is 4.79 Å². The Morgan fingerprint density at radius 2 is 1.90 bits per heavy atom. The second-order valence-electron chi connectivity index (χ2n) is 4.22. The summed E-state index contributed by atoms with van der Waals surface area (Å²) >= 11 is 1.50. The van der Waals surface area contributed by atoms with Crippen molar-refractivity contribution in [3.05, 3.63) is 48.5 Å². The summed E-state index contributed by atoms with van der Waals surface area (Å²) in [6.07, 6.45) is 0.142. The summed E-state index contributed by atoms with van der Waals surface area (Å²) in [4.78, 5) is 11.6. The van der Waals surface area contributed by atoms with E-state index in [1.54, 1.807) is 7.11 Å². The van der Waals surface area contributed by atoms with Gasteiger partial charge in [-0.15, -0.1) is 11.8 Å². The van der Waals surface area contributed by atoms with Gasteiger partial charge < -0.3 is 9.84 Å². The van der Waals surface area contributed by atoms with Crippen LogP contribution in [0.2, 0.25) is 0 Å². The van der Waals surface area contributed by atoms with Gasteiger partial charge in [-0.05, 0) is 23.3 Å². The van der Waals surface area contributed by atoms with Crippen LogP contribution in [0.3, 0.4) is 0 Å². The number of thioether (sulfide) groups is 1. The van der Waals surface area contributed by atoms with Crippen molar-refractivity contribution < 1.29 is 14.6 Å². The Labute approximate surface area is 122 Å². The van der Waals surface area contributed by atoms with Crippen LogP contribution >= 0.6 is 11.8 Å². The van der Waals surface area contributed by atoms with Gasteiger partial charge in [-0.2, -0.15) is 0 Å². The summed E-state index contributed by atoms with van der Waals surface area (Å²) in [5.74, 6) is 0.528. The molecular weight excluding hydrogens is 272 g/mol. The zero-order valence-electron chi connectivity index (χ0n) is 11.2. The van der Waals surface area contributed by atoms with Crippen molar-refractivity contribution in [3.63, 3.8) is 0 Å². The fourth-order valence-electron chi connectivity index (χ4n) is 1.85. The van der Waals surface area contributed by atoms with Crippen molar-refractivity contribution >= 4 is 17.7 Å². The third-order valence-corrected chi connectivity index (χ3v) is 3.88. The van der Waals surface area contributed by atoms with Gasteiger partial charge in [-0.3, -0.25) is 4.79 Å². The highest BCUT2D eigenvalue weighted by Crippen LogP contribution is 2.33. The van der Waals surface area contributed by atoms with E-state index in [0.29, 0.717) is 5.75 Å². The van der Waals surface area contributed by atoms with Crippen LogP contribution in [0, 0.1) is 0 Å². The van der Waals surface area contributed by atoms with E-state index in [1.165, 1.54) is 11.8 Å². The van der Waals surface area contributed by atoms with Crippen molar-refractivity contribution in [2.24, 2.45) is 0 Å². The summed E-state index contributed by atoms with van der Waals surface area (Å²) in [5, 5.41) is 8.71. The summed E-state index contributed by atoms with van der Waals surface area (Å²) in [6.45, 7) is 0. The molecule has 0 amide bonds. The van der Waals surface area contributed by atoms with Crippen molar-refractivity contribution in [1.29, 1.82) is 0 Å². The van der Waals surface area contributed by atoms with Gasteiger partial charge >= 0.3 is 5.97 Å². The number of carboxylic acids is 1. The molecule has 2 rings (SSSR count). The topological polar surface area (TPSA) is 46.5 Å². The van der Waals surface area contributed by atoms with Crippen molar-refractivity contribution in [2.75, 3.05) is 12.9 Å². The standard InChI is InChI=1S/C16H16O3S/c1-19-14-8-7-13(12-5-3-2-4-6-12)11-15(14)20-10-9-16(17)18/h2-8,11H,9-10H2,1H3,(H,17,18). The Kier molecular flexibility index (Phi) is 5.07. The average Bonchev–Trinajstić information content (AvgIpc) is 2.47. The minimum absolute atomic E-state index is 0.142. The molecule has 4 heteroatoms. The van der Waals surface area contributed by atoms with Gasteiger partial charge in [0.2, 0.25) is 0 Å². The van der Waals surface area contributed by atoms with Crippen LogP contribution in [0.15, 0.2) is 53.4 Å². The van der Waals surface area contributed by atoms with Crippen molar-refractivity contribution in [2.45, 2.75) is 11.3 Å². The average molecular weight is 288 g/mol. The van der Waals surface area contributed by atoms with Crippen LogP contribution in [0.5, 0.6) is 5.75 Å². The number of hydrogen-bond donors (Lipinski definition) is 1. The second kappa shape index (κ2) is 7.01. The Hall–Kier alpha value is -1.94. The number of carbonyl (C=O) groups is 1. The maximum atomic E-state index is 10.6. The van der Waals surface area contributed by atoms with Gasteiger partial charge in [0.25, 0.3) is 0 Å². The molecule has 0 atom stereocenters. The van der Waals surface area contributed by atoms with Gasteiger partial charge in [0, 0.05) is 10.6 Å². The molecule has 0 radical (unpaired) electrons. The quantitative estimate of drug-likeness (QED) is 0.818. The molecule has 0 heterocycles. The number of hydrogen-bond acceptors (Lipinski definition) is 3. The molecule has 0 aliphatic carbocycles. The number of benzene rings is 2. The lowest BCUT2D eigenvalue weighted by molar-refractivity contribution is -0.136. The summed E-state index contributed by atoms with van der Waals surface area (Å²) in [6, 6.07) is 16.0. The van der Waals surface area contributed by atoms with E-state index in [-0.39, 0.29) is 6.42 Å². The van der Waals surface area contributed by atoms with Gasteiger partial charge in [0.15, 0.2) is 0 Å². The highest BCUT2D eigenvalue weighted by Gasteiger charge is 2.07. The summed E-state index contributed by atoms with van der Waals surface area (Å²) < 4.78 is 5.33. The molecule has 3 nitrogen and oxygen atoms in total. The van der Waals surface area contributed by atoms with E-state index in [2.05, 4.69) is 0 Å². The Morgan fingerprint density at radius 3 is 2.55 bits per heavy atom. The first-order valence-corrected chi connectivity index (χ1v) is 7.27. The highest BCUT2D eigenvalue weighted by molar-refractivity contribution is 7.99. The van der Waals surface area contributed by atoms with E-state index in [9.17, 15) is 4.79 Å².